The van der Waals surface area contributed by atoms with Gasteiger partial charge < -0.3 is 9.80 Å². The van der Waals surface area contributed by atoms with Gasteiger partial charge in [0.25, 0.3) is 0 Å². The summed E-state index contributed by atoms with van der Waals surface area (Å²) in [7, 11) is 0. The van der Waals surface area contributed by atoms with Crippen molar-refractivity contribution in [1.82, 2.24) is 0 Å². The molecule has 2 fully saturated rings. The molecule has 0 amide bonds. The second-order valence-corrected chi connectivity index (χ2v) is 27.7. The van der Waals surface area contributed by atoms with Gasteiger partial charge in [0.2, 0.25) is 6.71 Å². The van der Waals surface area contributed by atoms with Gasteiger partial charge in [-0.3, -0.25) is 0 Å². The van der Waals surface area contributed by atoms with Gasteiger partial charge in [-0.15, -0.1) is 0 Å². The summed E-state index contributed by atoms with van der Waals surface area (Å²) in [4.78, 5) is 5.77. The summed E-state index contributed by atoms with van der Waals surface area (Å²) >= 11 is 2.40. The minimum atomic E-state index is 0.0394. The summed E-state index contributed by atoms with van der Waals surface area (Å²) in [5, 5.41) is 1.00. The van der Waals surface area contributed by atoms with E-state index in [4.69, 9.17) is 0 Å². The maximum absolute atomic E-state index is 2.92. The lowest BCUT2D eigenvalue weighted by atomic mass is 9.32. The summed E-state index contributed by atoms with van der Waals surface area (Å²) in [5.41, 5.74) is 21.7. The molecule has 0 aromatic heterocycles. The first kappa shape index (κ1) is 42.8. The zero-order chi connectivity index (χ0) is 44.6. The highest BCUT2D eigenvalue weighted by atomic mass is 32.2. The van der Waals surface area contributed by atoms with Gasteiger partial charge in [-0.25, -0.2) is 0 Å². The van der Waals surface area contributed by atoms with Crippen molar-refractivity contribution in [3.05, 3.63) is 99.6 Å². The number of benzene rings is 4. The summed E-state index contributed by atoms with van der Waals surface area (Å²) < 4.78 is 0. The lowest BCUT2D eigenvalue weighted by molar-refractivity contribution is 0.0580. The van der Waals surface area contributed by atoms with Gasteiger partial charge >= 0.3 is 0 Å². The van der Waals surface area contributed by atoms with Crippen LogP contribution in [0.3, 0.4) is 0 Å². The molecule has 0 N–H and O–H groups in total. The van der Waals surface area contributed by atoms with Gasteiger partial charge in [-0.05, 0) is 176 Å². The molecule has 10 rings (SSSR count). The van der Waals surface area contributed by atoms with E-state index in [1.807, 2.05) is 0 Å². The van der Waals surface area contributed by atoms with E-state index in [0.717, 1.165) is 0 Å². The molecule has 1 saturated heterocycles. The van der Waals surface area contributed by atoms with Crippen molar-refractivity contribution in [1.29, 1.82) is 0 Å². The standard InChI is InChI=1S/C58H77BN2S/c1-34-30-43-47-44(31-34)61(42-33-40-39(32-35(42)2)54(8,9)24-25-55(40,10)11)48-41(23-22-38-45(48)56(12,13)27-26-53(38,6)7)59(47)51-49(46-50(62-51)58(16,17)29-28-57(46,14)15)60(43)37-20-18-36(19-21-37)52(3,4)5/h18-23,30-33,46,49-51H,24-29H2,1-17H3/t46-,49?,50?,51?/m0/s1. The van der Waals surface area contributed by atoms with E-state index >= 15 is 0 Å². The van der Waals surface area contributed by atoms with Gasteiger partial charge in [0.15, 0.2) is 0 Å². The van der Waals surface area contributed by atoms with Crippen LogP contribution >= 0.6 is 11.8 Å². The molecule has 328 valence electrons. The molecule has 6 aliphatic rings. The highest BCUT2D eigenvalue weighted by molar-refractivity contribution is 8.02. The Morgan fingerprint density at radius 3 is 1.79 bits per heavy atom. The van der Waals surface area contributed by atoms with Gasteiger partial charge in [-0.2, -0.15) is 11.8 Å². The smallest absolute Gasteiger partial charge is 0.232 e. The lowest BCUT2D eigenvalue weighted by Crippen LogP contribution is -2.67. The number of anilines is 5. The topological polar surface area (TPSA) is 6.48 Å². The van der Waals surface area contributed by atoms with Crippen molar-refractivity contribution in [3.63, 3.8) is 0 Å². The van der Waals surface area contributed by atoms with Crippen molar-refractivity contribution in [3.8, 4) is 0 Å². The zero-order valence-electron chi connectivity index (χ0n) is 41.7. The van der Waals surface area contributed by atoms with E-state index in [2.05, 4.69) is 200 Å². The lowest BCUT2D eigenvalue weighted by Gasteiger charge is -2.55. The first-order valence-electron chi connectivity index (χ1n) is 24.5. The minimum absolute atomic E-state index is 0.0394. The average Bonchev–Trinajstić information content (AvgIpc) is 3.60. The van der Waals surface area contributed by atoms with Crippen LogP contribution in [-0.4, -0.2) is 23.2 Å². The molecule has 4 heteroatoms. The van der Waals surface area contributed by atoms with E-state index in [9.17, 15) is 0 Å². The van der Waals surface area contributed by atoms with Crippen molar-refractivity contribution < 1.29 is 0 Å². The fraction of sp³-hybridized carbons (Fsp3) is 0.586. The van der Waals surface area contributed by atoms with Crippen LogP contribution in [0.2, 0.25) is 0 Å². The Labute approximate surface area is 381 Å². The van der Waals surface area contributed by atoms with Gasteiger partial charge in [-0.1, -0.05) is 134 Å². The van der Waals surface area contributed by atoms with Crippen molar-refractivity contribution in [2.75, 3.05) is 9.80 Å². The molecule has 4 atom stereocenters. The molecule has 62 heavy (non-hydrogen) atoms. The second-order valence-electron chi connectivity index (χ2n) is 26.4. The van der Waals surface area contributed by atoms with Gasteiger partial charge in [0.1, 0.15) is 0 Å². The third-order valence-corrected chi connectivity index (χ3v) is 20.2. The SMILES string of the molecule is Cc1cc2c3c(c1)N(c1ccc(C(C)(C)C)cc1)C1C(SC4[C@H]1C(C)(C)CCC4(C)C)B3c1ccc3c(c1N2c1cc2c(cc1C)C(C)(C)CCC2(C)C)C(C)(C)CCC3(C)C. The number of fused-ring (bicyclic) bond motifs is 9. The van der Waals surface area contributed by atoms with Gasteiger partial charge in [0, 0.05) is 44.9 Å². The number of aryl methyl sites for hydroxylation is 2. The third-order valence-electron chi connectivity index (χ3n) is 18.1. The summed E-state index contributed by atoms with van der Waals surface area (Å²) in [6.07, 6.45) is 7.43. The highest BCUT2D eigenvalue weighted by Crippen LogP contribution is 2.65. The number of rotatable bonds is 2. The number of nitrogens with zero attached hydrogens (tertiary/aromatic N) is 2. The molecule has 3 aliphatic carbocycles. The third kappa shape index (κ3) is 6.09. The molecule has 0 bridgehead atoms. The Morgan fingerprint density at radius 1 is 0.597 bits per heavy atom. The maximum atomic E-state index is 2.92. The molecule has 4 aromatic carbocycles. The Balaban J connectivity index is 1.33. The number of hydrogen-bond donors (Lipinski definition) is 0. The molecular formula is C58H77BN2S. The van der Waals surface area contributed by atoms with Crippen LogP contribution in [0.15, 0.2) is 60.7 Å². The Kier molecular flexibility index (Phi) is 9.16. The monoisotopic (exact) mass is 845 g/mol. The Hall–Kier alpha value is -3.11. The largest absolute Gasteiger partial charge is 0.338 e. The first-order chi connectivity index (χ1) is 28.7. The summed E-state index contributed by atoms with van der Waals surface area (Å²) in [6, 6.07) is 26.0. The van der Waals surface area contributed by atoms with E-state index in [-0.39, 0.29) is 37.9 Å². The number of hydrogen-bond acceptors (Lipinski definition) is 3. The quantitative estimate of drug-likeness (QED) is 0.186. The average molecular weight is 845 g/mol. The van der Waals surface area contributed by atoms with E-state index < -0.39 is 0 Å². The van der Waals surface area contributed by atoms with Crippen LogP contribution < -0.4 is 20.7 Å². The molecule has 3 unspecified atom stereocenters. The molecule has 0 radical (unpaired) electrons. The van der Waals surface area contributed by atoms with Crippen LogP contribution in [-0.2, 0) is 27.1 Å². The predicted octanol–water partition coefficient (Wildman–Crippen LogP) is 14.7. The molecule has 0 spiro atoms. The normalized spacial score (nSPS) is 27.7. The molecule has 1 saturated carbocycles. The molecule has 3 aliphatic heterocycles. The molecular weight excluding hydrogens is 768 g/mol. The Bertz CT molecular complexity index is 2510. The zero-order valence-corrected chi connectivity index (χ0v) is 42.5. The maximum Gasteiger partial charge on any atom is 0.232 e. The fourth-order valence-corrected chi connectivity index (χ4v) is 16.3. The first-order valence-corrected chi connectivity index (χ1v) is 25.4. The van der Waals surface area contributed by atoms with E-state index in [1.165, 1.54) is 83.7 Å². The van der Waals surface area contributed by atoms with E-state index in [0.29, 0.717) is 29.1 Å². The highest BCUT2D eigenvalue weighted by Gasteiger charge is 2.65. The fourth-order valence-electron chi connectivity index (χ4n) is 13.9. The van der Waals surface area contributed by atoms with E-state index in [1.54, 1.807) is 33.2 Å². The molecule has 3 heterocycles. The summed E-state index contributed by atoms with van der Waals surface area (Å²) in [6.45, 7) is 42.8. The van der Waals surface area contributed by atoms with Crippen molar-refractivity contribution in [2.45, 2.75) is 200 Å². The van der Waals surface area contributed by atoms with Crippen molar-refractivity contribution >= 4 is 57.8 Å². The van der Waals surface area contributed by atoms with Crippen LogP contribution in [0, 0.1) is 30.6 Å². The predicted molar refractivity (Wildman–Crippen MR) is 273 cm³/mol. The molecule has 2 nitrogen and oxygen atoms in total. The second kappa shape index (κ2) is 13.3. The van der Waals surface area contributed by atoms with Crippen LogP contribution in [0.5, 0.6) is 0 Å². The Morgan fingerprint density at radius 2 is 1.16 bits per heavy atom. The van der Waals surface area contributed by atoms with Crippen LogP contribution in [0.4, 0.5) is 28.4 Å². The van der Waals surface area contributed by atoms with Crippen LogP contribution in [0.1, 0.15) is 181 Å². The summed E-state index contributed by atoms with van der Waals surface area (Å²) in [5.74, 6) is 0.559. The van der Waals surface area contributed by atoms with Gasteiger partial charge in [0.05, 0.1) is 0 Å². The number of thioether (sulfide) groups is 1. The van der Waals surface area contributed by atoms with Crippen molar-refractivity contribution in [2.24, 2.45) is 16.7 Å². The molecule has 4 aromatic rings. The van der Waals surface area contributed by atoms with Crippen LogP contribution in [0.25, 0.3) is 0 Å². The minimum Gasteiger partial charge on any atom is -0.338 e.